The van der Waals surface area contributed by atoms with Crippen molar-refractivity contribution in [3.8, 4) is 0 Å². The minimum atomic E-state index is 0. The highest BCUT2D eigenvalue weighted by atomic mass is 14.9. The molecular weight excluding hydrogens is 548 g/mol. The molecule has 2 heterocycles. The van der Waals surface area contributed by atoms with E-state index in [9.17, 15) is 0 Å². The molecule has 0 bridgehead atoms. The van der Waals surface area contributed by atoms with E-state index in [1.807, 2.05) is 24.8 Å². The van der Waals surface area contributed by atoms with Crippen LogP contribution in [0.3, 0.4) is 0 Å². The maximum Gasteiger partial charge on any atom is 0.133 e. The Morgan fingerprint density at radius 2 is 0.467 bits per heavy atom. The van der Waals surface area contributed by atoms with E-state index in [0.717, 1.165) is 11.6 Å². The zero-order valence-corrected chi connectivity index (χ0v) is 30.4. The zero-order chi connectivity index (χ0) is 32.9. The van der Waals surface area contributed by atoms with Gasteiger partial charge >= 0.3 is 0 Å². The summed E-state index contributed by atoms with van der Waals surface area (Å²) in [6.07, 6.45) is 7.75. The van der Waals surface area contributed by atoms with Crippen LogP contribution in [-0.2, 0) is 32.5 Å². The summed E-state index contributed by atoms with van der Waals surface area (Å²) < 4.78 is 0. The monoisotopic (exact) mass is 623 g/mol. The smallest absolute Gasteiger partial charge is 0.133 e. The van der Waals surface area contributed by atoms with Crippen LogP contribution in [0.2, 0.25) is 0 Å². The van der Waals surface area contributed by atoms with Crippen LogP contribution in [0.15, 0.2) is 49.1 Å². The van der Waals surface area contributed by atoms with Crippen molar-refractivity contribution in [1.29, 1.82) is 0 Å². The van der Waals surface area contributed by atoms with Gasteiger partial charge in [-0.3, -0.25) is 0 Å². The van der Waals surface area contributed by atoms with Gasteiger partial charge in [-0.25, -0.2) is 19.9 Å². The normalized spacial score (nSPS) is 12.1. The fourth-order valence-electron chi connectivity index (χ4n) is 3.68. The summed E-state index contributed by atoms with van der Waals surface area (Å²) in [5.41, 5.74) is 6.05. The Labute approximate surface area is 281 Å². The highest BCUT2D eigenvalue weighted by Gasteiger charge is 2.21. The molecule has 2 aromatic heterocycles. The van der Waals surface area contributed by atoms with Crippen LogP contribution in [-0.4, -0.2) is 19.9 Å². The van der Waals surface area contributed by atoms with Crippen LogP contribution >= 0.6 is 0 Å². The highest BCUT2D eigenvalue weighted by Crippen LogP contribution is 2.27. The first-order valence-electron chi connectivity index (χ1n) is 15.4. The van der Waals surface area contributed by atoms with Gasteiger partial charge in [-0.1, -0.05) is 171 Å². The van der Waals surface area contributed by atoms with E-state index >= 15 is 0 Å². The maximum absolute atomic E-state index is 4.41. The van der Waals surface area contributed by atoms with Gasteiger partial charge in [0.2, 0.25) is 0 Å². The molecule has 0 N–H and O–H groups in total. The lowest BCUT2D eigenvalue weighted by Crippen LogP contribution is -2.18. The highest BCUT2D eigenvalue weighted by molar-refractivity contribution is 5.31. The molecule has 3 rings (SSSR count). The van der Waals surface area contributed by atoms with Gasteiger partial charge < -0.3 is 0 Å². The first-order valence-corrected chi connectivity index (χ1v) is 15.4. The van der Waals surface area contributed by atoms with Crippen LogP contribution in [0.25, 0.3) is 0 Å². The van der Waals surface area contributed by atoms with Gasteiger partial charge in [0.05, 0.1) is 0 Å². The summed E-state index contributed by atoms with van der Waals surface area (Å²) in [7, 11) is 0. The molecule has 0 spiro atoms. The number of hydrogen-bond acceptors (Lipinski definition) is 4. The predicted molar refractivity (Wildman–Crippen MR) is 203 cm³/mol. The Kier molecular flexibility index (Phi) is 17.5. The summed E-state index contributed by atoms with van der Waals surface area (Å²) in [6.45, 7) is 39.3. The molecule has 0 atom stereocenters. The lowest BCUT2D eigenvalue weighted by Gasteiger charge is -2.23. The number of aromatic nitrogens is 4. The van der Waals surface area contributed by atoms with E-state index in [2.05, 4.69) is 169 Å². The number of nitrogens with zero attached hydrogens (tertiary/aromatic N) is 4. The minimum Gasteiger partial charge on any atom is -0.241 e. The van der Waals surface area contributed by atoms with Crippen LogP contribution in [0.4, 0.5) is 0 Å². The molecule has 0 aliphatic heterocycles. The Hall–Kier alpha value is -2.62. The summed E-state index contributed by atoms with van der Waals surface area (Å²) in [4.78, 5) is 17.6. The topological polar surface area (TPSA) is 51.6 Å². The van der Waals surface area contributed by atoms with E-state index in [0.29, 0.717) is 0 Å². The van der Waals surface area contributed by atoms with Gasteiger partial charge in [0, 0.05) is 35.6 Å². The van der Waals surface area contributed by atoms with E-state index in [1.54, 1.807) is 0 Å². The van der Waals surface area contributed by atoms with Crippen molar-refractivity contribution in [3.63, 3.8) is 0 Å². The molecule has 0 saturated heterocycles. The first kappa shape index (κ1) is 46.8. The first-order chi connectivity index (χ1) is 18.6. The van der Waals surface area contributed by atoms with Crippen molar-refractivity contribution in [3.05, 3.63) is 83.0 Å². The van der Waals surface area contributed by atoms with Gasteiger partial charge in [0.25, 0.3) is 0 Å². The van der Waals surface area contributed by atoms with Gasteiger partial charge in [-0.15, -0.1) is 0 Å². The van der Waals surface area contributed by atoms with E-state index in [1.165, 1.54) is 22.3 Å². The third kappa shape index (κ3) is 16.0. The summed E-state index contributed by atoms with van der Waals surface area (Å²) in [5.74, 6) is 1.82. The fraction of sp³-hybridized carbons (Fsp3) is 0.659. The van der Waals surface area contributed by atoms with Crippen LogP contribution in [0.5, 0.6) is 0 Å². The number of benzene rings is 1. The zero-order valence-electron chi connectivity index (χ0n) is 30.4. The SMILES string of the molecule is C.C.C.CC(C)(C)c1ccc(C(C)(C)C)cc1.CC(C)(C)c1cnc(C(C)(C)C)nc1.CC(C)(C)c1cnc(C(C)(C)C)nc1. The van der Waals surface area contributed by atoms with Crippen LogP contribution in [0.1, 0.15) is 181 Å². The Bertz CT molecular complexity index is 952. The fourth-order valence-corrected chi connectivity index (χ4v) is 3.68. The predicted octanol–water partition coefficient (Wildman–Crippen LogP) is 12.3. The second kappa shape index (κ2) is 16.8. The molecule has 0 aliphatic rings. The molecule has 3 aromatic rings. The largest absolute Gasteiger partial charge is 0.241 e. The molecule has 0 radical (unpaired) electrons. The van der Waals surface area contributed by atoms with Crippen LogP contribution in [0, 0.1) is 0 Å². The quantitative estimate of drug-likeness (QED) is 0.250. The van der Waals surface area contributed by atoms with E-state index in [-0.39, 0.29) is 54.8 Å². The molecule has 1 aromatic carbocycles. The Morgan fingerprint density at radius 3 is 0.600 bits per heavy atom. The molecule has 0 saturated carbocycles. The third-order valence-corrected chi connectivity index (χ3v) is 6.99. The Balaban J connectivity index is -0.000000569. The maximum atomic E-state index is 4.41. The van der Waals surface area contributed by atoms with Gasteiger partial charge in [-0.05, 0) is 43.9 Å². The van der Waals surface area contributed by atoms with Gasteiger partial charge in [0.1, 0.15) is 11.6 Å². The van der Waals surface area contributed by atoms with E-state index in [4.69, 9.17) is 0 Å². The van der Waals surface area contributed by atoms with Crippen molar-refractivity contribution in [2.75, 3.05) is 0 Å². The lowest BCUT2D eigenvalue weighted by atomic mass is 9.82. The second-order valence-corrected chi connectivity index (χ2v) is 17.7. The molecular formula is C41H74N4. The van der Waals surface area contributed by atoms with Crippen molar-refractivity contribution < 1.29 is 0 Å². The summed E-state index contributed by atoms with van der Waals surface area (Å²) >= 11 is 0. The molecule has 4 nitrogen and oxygen atoms in total. The van der Waals surface area contributed by atoms with Crippen molar-refractivity contribution in [2.24, 2.45) is 0 Å². The van der Waals surface area contributed by atoms with E-state index < -0.39 is 0 Å². The molecule has 0 aliphatic carbocycles. The van der Waals surface area contributed by atoms with Crippen molar-refractivity contribution in [1.82, 2.24) is 19.9 Å². The van der Waals surface area contributed by atoms with Crippen molar-refractivity contribution >= 4 is 0 Å². The average molecular weight is 623 g/mol. The summed E-state index contributed by atoms with van der Waals surface area (Å²) in [6, 6.07) is 9.00. The molecule has 258 valence electrons. The van der Waals surface area contributed by atoms with Gasteiger partial charge in [-0.2, -0.15) is 0 Å². The van der Waals surface area contributed by atoms with Crippen LogP contribution < -0.4 is 0 Å². The molecule has 0 amide bonds. The lowest BCUT2D eigenvalue weighted by molar-refractivity contribution is 0.532. The standard InChI is InChI=1S/C14H22.2C12H20N2.3CH4/c1-13(2,3)11-7-9-12(10-8-11)14(4,5)6;2*1-11(2,3)9-7-13-10(14-8-9)12(4,5)6;;;/h7-10H,1-6H3;2*7-8H,1-6H3;3*1H4. The molecule has 45 heavy (non-hydrogen) atoms. The summed E-state index contributed by atoms with van der Waals surface area (Å²) in [5, 5.41) is 0. The average Bonchev–Trinajstić information content (AvgIpc) is 2.82. The Morgan fingerprint density at radius 1 is 0.289 bits per heavy atom. The molecule has 4 heteroatoms. The van der Waals surface area contributed by atoms with Crippen molar-refractivity contribution in [2.45, 2.75) is 179 Å². The number of rotatable bonds is 0. The molecule has 0 fully saturated rings. The minimum absolute atomic E-state index is 0. The van der Waals surface area contributed by atoms with Gasteiger partial charge in [0.15, 0.2) is 0 Å². The number of hydrogen-bond donors (Lipinski definition) is 0. The molecule has 0 unspecified atom stereocenters. The third-order valence-electron chi connectivity index (χ3n) is 6.99. The second-order valence-electron chi connectivity index (χ2n) is 17.7.